The van der Waals surface area contributed by atoms with Crippen molar-refractivity contribution < 1.29 is 13.3 Å². The van der Waals surface area contributed by atoms with Crippen LogP contribution in [-0.4, -0.2) is 66.9 Å². The third-order valence-corrected chi connectivity index (χ3v) is 7.45. The monoisotopic (exact) mass is 432 g/mol. The van der Waals surface area contributed by atoms with Crippen molar-refractivity contribution in [2.24, 2.45) is 0 Å². The van der Waals surface area contributed by atoms with E-state index in [0.29, 0.717) is 50.9 Å². The maximum absolute atomic E-state index is 12.9. The summed E-state index contributed by atoms with van der Waals surface area (Å²) in [4.78, 5) is 23.7. The quantitative estimate of drug-likeness (QED) is 0.520. The van der Waals surface area contributed by atoms with Crippen LogP contribution in [0.1, 0.15) is 19.3 Å². The molecule has 0 radical (unpaired) electrons. The van der Waals surface area contributed by atoms with Crippen LogP contribution in [0, 0.1) is 10.1 Å². The van der Waals surface area contributed by atoms with Crippen molar-refractivity contribution in [1.29, 1.82) is 0 Å². The highest BCUT2D eigenvalue weighted by atomic mass is 32.2. The zero-order valence-corrected chi connectivity index (χ0v) is 17.4. The lowest BCUT2D eigenvalue weighted by molar-refractivity contribution is -0.384. The van der Waals surface area contributed by atoms with Crippen LogP contribution in [0.3, 0.4) is 0 Å². The average Bonchev–Trinajstić information content (AvgIpc) is 2.80. The van der Waals surface area contributed by atoms with E-state index in [9.17, 15) is 18.5 Å². The summed E-state index contributed by atoms with van der Waals surface area (Å²) >= 11 is 0. The number of hydrogen-bond acceptors (Lipinski definition) is 8. The Balaban J connectivity index is 1.55. The molecule has 2 aliphatic heterocycles. The van der Waals surface area contributed by atoms with Crippen LogP contribution in [0.15, 0.2) is 41.6 Å². The Morgan fingerprint density at radius 3 is 2.17 bits per heavy atom. The molecule has 30 heavy (non-hydrogen) atoms. The lowest BCUT2D eigenvalue weighted by atomic mass is 10.2. The van der Waals surface area contributed by atoms with Crippen LogP contribution in [-0.2, 0) is 10.0 Å². The second kappa shape index (κ2) is 8.52. The van der Waals surface area contributed by atoms with Gasteiger partial charge >= 0.3 is 0 Å². The molecule has 4 rings (SSSR count). The fourth-order valence-corrected chi connectivity index (χ4v) is 5.47. The van der Waals surface area contributed by atoms with Crippen LogP contribution >= 0.6 is 0 Å². The summed E-state index contributed by atoms with van der Waals surface area (Å²) in [7, 11) is -3.72. The molecule has 1 aromatic heterocycles. The third kappa shape index (κ3) is 4.08. The van der Waals surface area contributed by atoms with Crippen molar-refractivity contribution >= 4 is 27.3 Å². The van der Waals surface area contributed by atoms with Crippen LogP contribution < -0.4 is 9.80 Å². The number of nitro benzene ring substituents is 1. The summed E-state index contributed by atoms with van der Waals surface area (Å²) < 4.78 is 27.3. The van der Waals surface area contributed by atoms with E-state index in [1.54, 1.807) is 24.5 Å². The van der Waals surface area contributed by atoms with Crippen LogP contribution in [0.2, 0.25) is 0 Å². The topological polar surface area (TPSA) is 113 Å². The summed E-state index contributed by atoms with van der Waals surface area (Å²) in [5, 5.41) is 11.7. The maximum Gasteiger partial charge on any atom is 0.293 e. The highest BCUT2D eigenvalue weighted by molar-refractivity contribution is 7.89. The van der Waals surface area contributed by atoms with E-state index in [1.807, 2.05) is 9.80 Å². The maximum atomic E-state index is 12.9. The molecule has 0 N–H and O–H groups in total. The smallest absolute Gasteiger partial charge is 0.293 e. The molecule has 2 aromatic rings. The van der Waals surface area contributed by atoms with E-state index in [0.717, 1.165) is 19.3 Å². The van der Waals surface area contributed by atoms with Gasteiger partial charge in [-0.1, -0.05) is 6.42 Å². The molecule has 160 valence electrons. The molecule has 2 fully saturated rings. The number of hydrogen-bond donors (Lipinski definition) is 0. The second-order valence-corrected chi connectivity index (χ2v) is 9.33. The van der Waals surface area contributed by atoms with Crippen LogP contribution in [0.5, 0.6) is 0 Å². The molecule has 0 unspecified atom stereocenters. The van der Waals surface area contributed by atoms with E-state index >= 15 is 0 Å². The molecule has 0 spiro atoms. The molecule has 3 heterocycles. The average molecular weight is 433 g/mol. The van der Waals surface area contributed by atoms with Crippen molar-refractivity contribution in [2.75, 3.05) is 49.1 Å². The molecule has 1 aromatic carbocycles. The van der Waals surface area contributed by atoms with Gasteiger partial charge < -0.3 is 9.80 Å². The number of aromatic nitrogens is 2. The highest BCUT2D eigenvalue weighted by Gasteiger charge is 2.30. The zero-order chi connectivity index (χ0) is 21.1. The summed E-state index contributed by atoms with van der Waals surface area (Å²) in [6, 6.07) is 6.00. The van der Waals surface area contributed by atoms with Gasteiger partial charge in [0.2, 0.25) is 16.0 Å². The predicted octanol–water partition coefficient (Wildman–Crippen LogP) is 1.89. The first-order chi connectivity index (χ1) is 14.5. The van der Waals surface area contributed by atoms with Gasteiger partial charge in [0.1, 0.15) is 5.69 Å². The summed E-state index contributed by atoms with van der Waals surface area (Å²) in [6.45, 7) is 3.27. The third-order valence-electron chi connectivity index (χ3n) is 5.55. The summed E-state index contributed by atoms with van der Waals surface area (Å²) in [5.41, 5.74) is 0.253. The molecule has 0 amide bonds. The van der Waals surface area contributed by atoms with Crippen LogP contribution in [0.4, 0.5) is 17.3 Å². The number of anilines is 2. The Labute approximate surface area is 175 Å². The van der Waals surface area contributed by atoms with Crippen molar-refractivity contribution in [1.82, 2.24) is 14.3 Å². The van der Waals surface area contributed by atoms with E-state index in [4.69, 9.17) is 0 Å². The zero-order valence-electron chi connectivity index (χ0n) is 16.6. The second-order valence-electron chi connectivity index (χ2n) is 7.40. The molecule has 0 atom stereocenters. The Kier molecular flexibility index (Phi) is 5.82. The molecule has 11 heteroatoms. The number of sulfonamides is 1. The van der Waals surface area contributed by atoms with Gasteiger partial charge in [-0.3, -0.25) is 10.1 Å². The van der Waals surface area contributed by atoms with Gasteiger partial charge in [-0.15, -0.1) is 0 Å². The highest BCUT2D eigenvalue weighted by Crippen LogP contribution is 2.33. The summed E-state index contributed by atoms with van der Waals surface area (Å²) in [5.74, 6) is 0.634. The number of nitrogens with zero attached hydrogens (tertiary/aromatic N) is 6. The number of piperazine rings is 1. The van der Waals surface area contributed by atoms with Gasteiger partial charge in [0.05, 0.1) is 9.82 Å². The Morgan fingerprint density at radius 1 is 0.900 bits per heavy atom. The summed E-state index contributed by atoms with van der Waals surface area (Å²) in [6.07, 6.45) is 6.00. The fourth-order valence-electron chi connectivity index (χ4n) is 3.93. The van der Waals surface area contributed by atoms with E-state index in [1.165, 1.54) is 16.4 Å². The van der Waals surface area contributed by atoms with Gasteiger partial charge in [0.15, 0.2) is 0 Å². The van der Waals surface area contributed by atoms with Gasteiger partial charge in [0, 0.05) is 57.7 Å². The molecule has 2 aliphatic rings. The molecule has 2 saturated heterocycles. The first-order valence-electron chi connectivity index (χ1n) is 10.0. The molecule has 0 bridgehead atoms. The number of piperidine rings is 1. The van der Waals surface area contributed by atoms with Crippen molar-refractivity contribution in [3.63, 3.8) is 0 Å². The molecular weight excluding hydrogens is 408 g/mol. The van der Waals surface area contributed by atoms with Crippen molar-refractivity contribution in [3.05, 3.63) is 46.8 Å². The van der Waals surface area contributed by atoms with E-state index in [2.05, 4.69) is 9.97 Å². The Bertz CT molecular complexity index is 1000. The minimum Gasteiger partial charge on any atom is -0.362 e. The standard InChI is InChI=1S/C19H24N6O4S/c26-25(27)18-15-16(30(28,29)24-9-2-1-3-10-24)5-6-17(18)22-11-13-23(14-12-22)19-20-7-4-8-21-19/h4-8,15H,1-3,9-14H2. The van der Waals surface area contributed by atoms with Crippen LogP contribution in [0.25, 0.3) is 0 Å². The largest absolute Gasteiger partial charge is 0.362 e. The minimum absolute atomic E-state index is 0.0174. The van der Waals surface area contributed by atoms with E-state index < -0.39 is 14.9 Å². The predicted molar refractivity (Wildman–Crippen MR) is 112 cm³/mol. The first kappa shape index (κ1) is 20.5. The lowest BCUT2D eigenvalue weighted by Gasteiger charge is -2.35. The minimum atomic E-state index is -3.72. The molecule has 0 saturated carbocycles. The van der Waals surface area contributed by atoms with Gasteiger partial charge in [-0.25, -0.2) is 18.4 Å². The number of benzene rings is 1. The number of rotatable bonds is 5. The molecule has 0 aliphatic carbocycles. The molecule has 10 nitrogen and oxygen atoms in total. The van der Waals surface area contributed by atoms with Gasteiger partial charge in [-0.05, 0) is 31.0 Å². The molecular formula is C19H24N6O4S. The fraction of sp³-hybridized carbons (Fsp3) is 0.474. The van der Waals surface area contributed by atoms with Crippen molar-refractivity contribution in [3.8, 4) is 0 Å². The van der Waals surface area contributed by atoms with Crippen molar-refractivity contribution in [2.45, 2.75) is 24.2 Å². The van der Waals surface area contributed by atoms with E-state index in [-0.39, 0.29) is 10.6 Å². The lowest BCUT2D eigenvalue weighted by Crippen LogP contribution is -2.47. The SMILES string of the molecule is O=[N+]([O-])c1cc(S(=O)(=O)N2CCCCC2)ccc1N1CCN(c2ncccn2)CC1. The normalized spacial score (nSPS) is 18.4. The van der Waals surface area contributed by atoms with Gasteiger partial charge in [-0.2, -0.15) is 4.31 Å². The Hall–Kier alpha value is -2.79. The Morgan fingerprint density at radius 2 is 1.53 bits per heavy atom. The van der Waals surface area contributed by atoms with Gasteiger partial charge in [0.25, 0.3) is 5.69 Å². The number of nitro groups is 1. The first-order valence-corrected chi connectivity index (χ1v) is 11.5.